The molecule has 0 bridgehead atoms. The molecule has 0 aromatic carbocycles. The molecule has 0 aromatic heterocycles. The molecule has 1 fully saturated rings. The molecule has 1 aliphatic carbocycles. The molecule has 19 heavy (non-hydrogen) atoms. The Morgan fingerprint density at radius 1 is 1.32 bits per heavy atom. The summed E-state index contributed by atoms with van der Waals surface area (Å²) in [5.74, 6) is -1.11. The second-order valence-electron chi connectivity index (χ2n) is 5.45. The van der Waals surface area contributed by atoms with Crippen LogP contribution >= 0.6 is 0 Å². The van der Waals surface area contributed by atoms with Crippen LogP contribution in [0.5, 0.6) is 0 Å². The highest BCUT2D eigenvalue weighted by atomic mass is 19.4. The zero-order valence-electron chi connectivity index (χ0n) is 11.6. The van der Waals surface area contributed by atoms with Crippen LogP contribution in [0.4, 0.5) is 13.2 Å². The van der Waals surface area contributed by atoms with E-state index in [4.69, 9.17) is 0 Å². The second kappa shape index (κ2) is 7.12. The van der Waals surface area contributed by atoms with Gasteiger partial charge in [-0.2, -0.15) is 13.2 Å². The van der Waals surface area contributed by atoms with Gasteiger partial charge < -0.3 is 10.2 Å². The molecule has 0 radical (unpaired) electrons. The fourth-order valence-electron chi connectivity index (χ4n) is 2.44. The Balaban J connectivity index is 2.21. The monoisotopic (exact) mass is 280 g/mol. The first kappa shape index (κ1) is 16.3. The molecule has 0 unspecified atom stereocenters. The number of carbonyl (C=O) groups excluding carboxylic acids is 1. The third-order valence-electron chi connectivity index (χ3n) is 3.64. The van der Waals surface area contributed by atoms with Crippen molar-refractivity contribution >= 4 is 5.91 Å². The van der Waals surface area contributed by atoms with Gasteiger partial charge in [0, 0.05) is 26.6 Å². The van der Waals surface area contributed by atoms with Gasteiger partial charge in [0.2, 0.25) is 5.91 Å². The molecule has 1 rings (SSSR count). The van der Waals surface area contributed by atoms with Crippen molar-refractivity contribution in [1.29, 1.82) is 0 Å². The number of nitrogens with one attached hydrogen (secondary N) is 1. The van der Waals surface area contributed by atoms with E-state index >= 15 is 0 Å². The maximum absolute atomic E-state index is 12.6. The first-order valence-electron chi connectivity index (χ1n) is 6.81. The molecule has 1 amide bonds. The van der Waals surface area contributed by atoms with E-state index in [1.54, 1.807) is 14.1 Å². The molecule has 112 valence electrons. The van der Waals surface area contributed by atoms with Gasteiger partial charge in [-0.05, 0) is 32.2 Å². The van der Waals surface area contributed by atoms with Crippen LogP contribution in [0, 0.1) is 5.92 Å². The Labute approximate surface area is 112 Å². The lowest BCUT2D eigenvalue weighted by Crippen LogP contribution is -2.39. The lowest BCUT2D eigenvalue weighted by atomic mass is 9.85. The smallest absolute Gasteiger partial charge is 0.349 e. The summed E-state index contributed by atoms with van der Waals surface area (Å²) in [5, 5.41) is 3.15. The van der Waals surface area contributed by atoms with Crippen molar-refractivity contribution in [2.45, 2.75) is 50.7 Å². The van der Waals surface area contributed by atoms with Gasteiger partial charge in [0.15, 0.2) is 0 Å². The Hall–Kier alpha value is -0.780. The normalized spacial score (nSPS) is 24.3. The highest BCUT2D eigenvalue weighted by Gasteiger charge is 2.41. The zero-order chi connectivity index (χ0) is 14.5. The maximum atomic E-state index is 12.6. The first-order valence-corrected chi connectivity index (χ1v) is 6.81. The van der Waals surface area contributed by atoms with E-state index in [-0.39, 0.29) is 24.8 Å². The molecule has 1 saturated carbocycles. The van der Waals surface area contributed by atoms with Crippen LogP contribution in [0.2, 0.25) is 0 Å². The molecular weight excluding hydrogens is 257 g/mol. The van der Waals surface area contributed by atoms with Crippen molar-refractivity contribution in [3.8, 4) is 0 Å². The standard InChI is InChI=1S/C13H23F3N2O/c1-18(2)12(19)7-4-8-17-11-6-3-5-10(9-11)13(14,15)16/h10-11,17H,3-9H2,1-2H3/t10-,11+/m0/s1. The van der Waals surface area contributed by atoms with E-state index in [9.17, 15) is 18.0 Å². The van der Waals surface area contributed by atoms with Gasteiger partial charge in [-0.25, -0.2) is 0 Å². The van der Waals surface area contributed by atoms with Crippen LogP contribution < -0.4 is 5.32 Å². The Kier molecular flexibility index (Phi) is 6.10. The number of halogens is 3. The molecular formula is C13H23F3N2O. The Morgan fingerprint density at radius 2 is 2.00 bits per heavy atom. The van der Waals surface area contributed by atoms with Gasteiger partial charge in [-0.1, -0.05) is 6.42 Å². The topological polar surface area (TPSA) is 32.3 Å². The average molecular weight is 280 g/mol. The summed E-state index contributed by atoms with van der Waals surface area (Å²) in [4.78, 5) is 12.9. The summed E-state index contributed by atoms with van der Waals surface area (Å²) in [6.07, 6.45) is -1.11. The van der Waals surface area contributed by atoms with Crippen LogP contribution in [-0.2, 0) is 4.79 Å². The molecule has 0 aromatic rings. The predicted octanol–water partition coefficient (Wildman–Crippen LogP) is 2.57. The van der Waals surface area contributed by atoms with Gasteiger partial charge >= 0.3 is 6.18 Å². The predicted molar refractivity (Wildman–Crippen MR) is 67.7 cm³/mol. The minimum Gasteiger partial charge on any atom is -0.349 e. The van der Waals surface area contributed by atoms with E-state index in [1.807, 2.05) is 0 Å². The van der Waals surface area contributed by atoms with Crippen molar-refractivity contribution in [2.24, 2.45) is 5.92 Å². The molecule has 1 N–H and O–H groups in total. The zero-order valence-corrected chi connectivity index (χ0v) is 11.6. The average Bonchev–Trinajstić information content (AvgIpc) is 2.33. The molecule has 2 atom stereocenters. The Bertz CT molecular complexity index is 292. The van der Waals surface area contributed by atoms with E-state index in [1.165, 1.54) is 4.90 Å². The van der Waals surface area contributed by atoms with Gasteiger partial charge in [0.25, 0.3) is 0 Å². The molecule has 0 spiro atoms. The lowest BCUT2D eigenvalue weighted by molar-refractivity contribution is -0.183. The summed E-state index contributed by atoms with van der Waals surface area (Å²) >= 11 is 0. The van der Waals surface area contributed by atoms with Gasteiger partial charge in [0.05, 0.1) is 5.92 Å². The molecule has 6 heteroatoms. The molecule has 3 nitrogen and oxygen atoms in total. The van der Waals surface area contributed by atoms with Gasteiger partial charge in [-0.3, -0.25) is 4.79 Å². The number of alkyl halides is 3. The Morgan fingerprint density at radius 3 is 2.58 bits per heavy atom. The minimum absolute atomic E-state index is 0.0543. The number of rotatable bonds is 5. The third-order valence-corrected chi connectivity index (χ3v) is 3.64. The van der Waals surface area contributed by atoms with E-state index in [0.717, 1.165) is 6.42 Å². The second-order valence-corrected chi connectivity index (χ2v) is 5.45. The SMILES string of the molecule is CN(C)C(=O)CCCN[C@@H]1CCC[C@H](C(F)(F)F)C1. The highest BCUT2D eigenvalue weighted by Crippen LogP contribution is 2.37. The van der Waals surface area contributed by atoms with E-state index in [0.29, 0.717) is 25.8 Å². The largest absolute Gasteiger partial charge is 0.391 e. The van der Waals surface area contributed by atoms with Crippen molar-refractivity contribution in [3.63, 3.8) is 0 Å². The third kappa shape index (κ3) is 5.80. The van der Waals surface area contributed by atoms with Crippen LogP contribution in [0.1, 0.15) is 38.5 Å². The first-order chi connectivity index (χ1) is 8.80. The number of hydrogen-bond acceptors (Lipinski definition) is 2. The van der Waals surface area contributed by atoms with E-state index < -0.39 is 12.1 Å². The summed E-state index contributed by atoms with van der Waals surface area (Å²) in [7, 11) is 3.40. The summed E-state index contributed by atoms with van der Waals surface area (Å²) < 4.78 is 37.9. The number of carbonyl (C=O) groups is 1. The van der Waals surface area contributed by atoms with Crippen LogP contribution in [0.3, 0.4) is 0 Å². The number of nitrogens with zero attached hydrogens (tertiary/aromatic N) is 1. The van der Waals surface area contributed by atoms with Crippen LogP contribution in [0.25, 0.3) is 0 Å². The van der Waals surface area contributed by atoms with Crippen molar-refractivity contribution in [2.75, 3.05) is 20.6 Å². The van der Waals surface area contributed by atoms with Crippen molar-refractivity contribution in [3.05, 3.63) is 0 Å². The van der Waals surface area contributed by atoms with Gasteiger partial charge in [-0.15, -0.1) is 0 Å². The molecule has 0 aliphatic heterocycles. The molecule has 1 aliphatic rings. The quantitative estimate of drug-likeness (QED) is 0.785. The number of hydrogen-bond donors (Lipinski definition) is 1. The van der Waals surface area contributed by atoms with E-state index in [2.05, 4.69) is 5.32 Å². The summed E-state index contributed by atoms with van der Waals surface area (Å²) in [6, 6.07) is -0.0603. The van der Waals surface area contributed by atoms with Crippen LogP contribution in [-0.4, -0.2) is 43.7 Å². The minimum atomic E-state index is -4.07. The van der Waals surface area contributed by atoms with Crippen LogP contribution in [0.15, 0.2) is 0 Å². The maximum Gasteiger partial charge on any atom is 0.391 e. The fraction of sp³-hybridized carbons (Fsp3) is 0.923. The summed E-state index contributed by atoms with van der Waals surface area (Å²) in [5.41, 5.74) is 0. The van der Waals surface area contributed by atoms with Crippen molar-refractivity contribution in [1.82, 2.24) is 10.2 Å². The highest BCUT2D eigenvalue weighted by molar-refractivity contribution is 5.75. The lowest BCUT2D eigenvalue weighted by Gasteiger charge is -2.31. The summed E-state index contributed by atoms with van der Waals surface area (Å²) in [6.45, 7) is 0.606. The number of amides is 1. The van der Waals surface area contributed by atoms with Crippen molar-refractivity contribution < 1.29 is 18.0 Å². The molecule has 0 saturated heterocycles. The molecule has 0 heterocycles. The van der Waals surface area contributed by atoms with Gasteiger partial charge in [0.1, 0.15) is 0 Å². The fourth-order valence-corrected chi connectivity index (χ4v) is 2.44.